The third kappa shape index (κ3) is 3.31. The Labute approximate surface area is 155 Å². The molecule has 3 heterocycles. The lowest BCUT2D eigenvalue weighted by molar-refractivity contribution is 0.0933. The summed E-state index contributed by atoms with van der Waals surface area (Å²) in [5.41, 5.74) is 3.14. The van der Waals surface area contributed by atoms with Crippen molar-refractivity contribution in [1.82, 2.24) is 24.7 Å². The second kappa shape index (κ2) is 7.14. The van der Waals surface area contributed by atoms with E-state index in [2.05, 4.69) is 31.6 Å². The summed E-state index contributed by atoms with van der Waals surface area (Å²) in [5.74, 6) is 0.638. The maximum atomic E-state index is 4.66. The van der Waals surface area contributed by atoms with Crippen molar-refractivity contribution >= 4 is 11.3 Å². The maximum Gasteiger partial charge on any atom is 0.200 e. The first-order valence-corrected chi connectivity index (χ1v) is 10.6. The number of aromatic nitrogens is 4. The van der Waals surface area contributed by atoms with Gasteiger partial charge in [0.1, 0.15) is 6.33 Å². The number of fused-ring (bicyclic) bond motifs is 1. The van der Waals surface area contributed by atoms with E-state index in [-0.39, 0.29) is 0 Å². The summed E-state index contributed by atoms with van der Waals surface area (Å²) in [4.78, 5) is 2.84. The van der Waals surface area contributed by atoms with Crippen LogP contribution in [0.2, 0.25) is 0 Å². The summed E-state index contributed by atoms with van der Waals surface area (Å²) in [5, 5.41) is 16.6. The van der Waals surface area contributed by atoms with Gasteiger partial charge in [0.05, 0.1) is 11.4 Å². The Kier molecular flexibility index (Phi) is 4.53. The van der Waals surface area contributed by atoms with Gasteiger partial charge in [-0.2, -0.15) is 9.61 Å². The van der Waals surface area contributed by atoms with Crippen LogP contribution >= 0.6 is 0 Å². The van der Waals surface area contributed by atoms with Gasteiger partial charge in [0, 0.05) is 24.5 Å². The zero-order valence-electron chi connectivity index (χ0n) is 15.6. The number of hydrogen-bond donors (Lipinski definition) is 1. The van der Waals surface area contributed by atoms with Crippen LogP contribution in [0.15, 0.2) is 12.4 Å². The lowest BCUT2D eigenvalue weighted by Gasteiger charge is -2.40. The molecule has 2 aromatic rings. The van der Waals surface area contributed by atoms with Crippen LogP contribution in [-0.4, -0.2) is 49.9 Å². The van der Waals surface area contributed by atoms with E-state index in [9.17, 15) is 0 Å². The average molecular weight is 355 g/mol. The number of piperidine rings is 1. The molecule has 1 saturated heterocycles. The molecule has 140 valence electrons. The topological polar surface area (TPSA) is 58.4 Å². The molecule has 3 aliphatic rings. The molecule has 1 atom stereocenters. The van der Waals surface area contributed by atoms with Crippen molar-refractivity contribution < 1.29 is 0 Å². The van der Waals surface area contributed by atoms with Crippen molar-refractivity contribution in [3.05, 3.63) is 18.1 Å². The minimum absolute atomic E-state index is 0.638. The summed E-state index contributed by atoms with van der Waals surface area (Å²) in [6.45, 7) is 2.31. The van der Waals surface area contributed by atoms with E-state index in [0.717, 1.165) is 30.0 Å². The Morgan fingerprint density at radius 3 is 2.73 bits per heavy atom. The van der Waals surface area contributed by atoms with E-state index < -0.39 is 0 Å². The van der Waals surface area contributed by atoms with E-state index >= 15 is 0 Å². The van der Waals surface area contributed by atoms with E-state index in [1.54, 1.807) is 6.33 Å². The molecule has 6 heteroatoms. The number of rotatable bonds is 6. The smallest absolute Gasteiger partial charge is 0.200 e. The number of likely N-dealkylation sites (tertiary alicyclic amines) is 1. The number of nitrogens with zero attached hydrogens (tertiary/aromatic N) is 5. The molecule has 26 heavy (non-hydrogen) atoms. The van der Waals surface area contributed by atoms with Gasteiger partial charge in [-0.15, -0.1) is 10.2 Å². The largest absolute Gasteiger partial charge is 0.382 e. The van der Waals surface area contributed by atoms with Gasteiger partial charge in [0.2, 0.25) is 5.65 Å². The van der Waals surface area contributed by atoms with Gasteiger partial charge >= 0.3 is 0 Å². The van der Waals surface area contributed by atoms with Crippen LogP contribution in [0.25, 0.3) is 5.65 Å². The second-order valence-electron chi connectivity index (χ2n) is 8.40. The molecule has 1 N–H and O–H groups in total. The van der Waals surface area contributed by atoms with Gasteiger partial charge in [0.15, 0.2) is 0 Å². The highest BCUT2D eigenvalue weighted by Crippen LogP contribution is 2.40. The molecule has 0 aromatic carbocycles. The Morgan fingerprint density at radius 1 is 1.04 bits per heavy atom. The molecule has 0 spiro atoms. The molecule has 2 aromatic heterocycles. The van der Waals surface area contributed by atoms with Crippen LogP contribution in [0.4, 0.5) is 5.69 Å². The highest BCUT2D eigenvalue weighted by atomic mass is 15.3. The summed E-state index contributed by atoms with van der Waals surface area (Å²) < 4.78 is 1.83. The van der Waals surface area contributed by atoms with Crippen molar-refractivity contribution in [1.29, 1.82) is 0 Å². The fraction of sp³-hybridized carbons (Fsp3) is 0.750. The van der Waals surface area contributed by atoms with Crippen LogP contribution < -0.4 is 5.32 Å². The van der Waals surface area contributed by atoms with Crippen LogP contribution in [0.5, 0.6) is 0 Å². The van der Waals surface area contributed by atoms with Gasteiger partial charge in [-0.25, -0.2) is 0 Å². The van der Waals surface area contributed by atoms with Gasteiger partial charge in [-0.05, 0) is 57.6 Å². The van der Waals surface area contributed by atoms with Crippen molar-refractivity contribution in [2.75, 3.05) is 18.4 Å². The van der Waals surface area contributed by atoms with Crippen LogP contribution in [-0.2, 0) is 0 Å². The van der Waals surface area contributed by atoms with E-state index in [1.807, 2.05) is 4.52 Å². The third-order valence-electron chi connectivity index (χ3n) is 6.54. The number of hydrogen-bond acceptors (Lipinski definition) is 5. The molecule has 1 aliphatic heterocycles. The minimum atomic E-state index is 0.638. The monoisotopic (exact) mass is 354 g/mol. The summed E-state index contributed by atoms with van der Waals surface area (Å²) in [6, 6.07) is 3.81. The normalized spacial score (nSPS) is 25.2. The van der Waals surface area contributed by atoms with Crippen molar-refractivity contribution in [2.45, 2.75) is 82.2 Å². The predicted octanol–water partition coefficient (Wildman–Crippen LogP) is 3.60. The third-order valence-corrected chi connectivity index (χ3v) is 6.54. The first-order chi connectivity index (χ1) is 12.9. The standard InChI is InChI=1S/C20H30N6/c1-2-6-16(5-1)25-12-4-3-7-17(25)10-11-21-19-13-18(15-8-9-15)24-26-14-22-23-20(19)26/h13-17,21H,1-12H2. The number of nitrogens with one attached hydrogen (secondary N) is 1. The average Bonchev–Trinajstić information content (AvgIpc) is 3.17. The molecule has 3 fully saturated rings. The van der Waals surface area contributed by atoms with Gasteiger partial charge in [-0.1, -0.05) is 19.3 Å². The molecular formula is C20H30N6. The Bertz CT molecular complexity index is 746. The second-order valence-corrected chi connectivity index (χ2v) is 8.40. The zero-order valence-corrected chi connectivity index (χ0v) is 15.6. The fourth-order valence-corrected chi connectivity index (χ4v) is 4.98. The summed E-state index contributed by atoms with van der Waals surface area (Å²) in [7, 11) is 0. The SMILES string of the molecule is c1c(C2CC2)nn2cnnc2c1NCCC1CCCCN1C1CCCC1. The Morgan fingerprint density at radius 2 is 1.88 bits per heavy atom. The van der Waals surface area contributed by atoms with Crippen LogP contribution in [0, 0.1) is 0 Å². The molecule has 2 aliphatic carbocycles. The molecule has 0 amide bonds. The summed E-state index contributed by atoms with van der Waals surface area (Å²) in [6.07, 6.45) is 15.3. The van der Waals surface area contributed by atoms with E-state index in [1.165, 1.54) is 76.4 Å². The van der Waals surface area contributed by atoms with Crippen molar-refractivity contribution in [3.63, 3.8) is 0 Å². The minimum Gasteiger partial charge on any atom is -0.382 e. The van der Waals surface area contributed by atoms with E-state index in [4.69, 9.17) is 0 Å². The Balaban J connectivity index is 1.25. The zero-order chi connectivity index (χ0) is 17.3. The first-order valence-electron chi connectivity index (χ1n) is 10.6. The van der Waals surface area contributed by atoms with Gasteiger partial charge < -0.3 is 5.32 Å². The highest BCUT2D eigenvalue weighted by molar-refractivity contribution is 5.66. The van der Waals surface area contributed by atoms with Crippen LogP contribution in [0.1, 0.15) is 75.8 Å². The highest BCUT2D eigenvalue weighted by Gasteiger charge is 2.30. The lowest BCUT2D eigenvalue weighted by atomic mass is 9.96. The van der Waals surface area contributed by atoms with Gasteiger partial charge in [-0.3, -0.25) is 4.90 Å². The molecule has 2 saturated carbocycles. The molecule has 5 rings (SSSR count). The molecule has 6 nitrogen and oxygen atoms in total. The number of anilines is 1. The molecule has 0 bridgehead atoms. The summed E-state index contributed by atoms with van der Waals surface area (Å²) >= 11 is 0. The predicted molar refractivity (Wildman–Crippen MR) is 102 cm³/mol. The van der Waals surface area contributed by atoms with Crippen molar-refractivity contribution in [2.24, 2.45) is 0 Å². The fourth-order valence-electron chi connectivity index (χ4n) is 4.98. The van der Waals surface area contributed by atoms with Gasteiger partial charge in [0.25, 0.3) is 0 Å². The molecular weight excluding hydrogens is 324 g/mol. The first kappa shape index (κ1) is 16.5. The van der Waals surface area contributed by atoms with Crippen LogP contribution in [0.3, 0.4) is 0 Å². The Hall–Kier alpha value is -1.69. The lowest BCUT2D eigenvalue weighted by Crippen LogP contribution is -2.45. The molecule has 1 unspecified atom stereocenters. The maximum absolute atomic E-state index is 4.66. The van der Waals surface area contributed by atoms with E-state index in [0.29, 0.717) is 5.92 Å². The van der Waals surface area contributed by atoms with Crippen molar-refractivity contribution in [3.8, 4) is 0 Å². The molecule has 0 radical (unpaired) electrons. The quantitative estimate of drug-likeness (QED) is 0.859.